The molecule has 1 unspecified atom stereocenters. The number of carbonyl (C=O) groups is 2. The monoisotopic (exact) mass is 377 g/mol. The molecule has 2 aromatic carbocycles. The number of nitro groups is 1. The molecule has 0 aromatic heterocycles. The molecule has 1 aliphatic heterocycles. The maximum Gasteiger partial charge on any atom is 0.295 e. The zero-order valence-corrected chi connectivity index (χ0v) is 14.5. The summed E-state index contributed by atoms with van der Waals surface area (Å²) >= 11 is 6.86. The first kappa shape index (κ1) is 17.2. The van der Waals surface area contributed by atoms with E-state index in [2.05, 4.69) is 5.32 Å². The second-order valence-electron chi connectivity index (χ2n) is 5.29. The van der Waals surface area contributed by atoms with Gasteiger partial charge in [-0.05, 0) is 36.4 Å². The molecule has 1 heterocycles. The van der Waals surface area contributed by atoms with Crippen LogP contribution in [0.2, 0.25) is 5.02 Å². The molecule has 1 fully saturated rings. The normalized spacial score (nSPS) is 17.0. The Kier molecular flexibility index (Phi) is 4.65. The van der Waals surface area contributed by atoms with Crippen molar-refractivity contribution < 1.29 is 14.5 Å². The van der Waals surface area contributed by atoms with Crippen LogP contribution in [-0.2, 0) is 4.79 Å². The number of nitrogens with one attached hydrogen (secondary N) is 1. The molecule has 0 bridgehead atoms. The molecule has 7 nitrogen and oxygen atoms in total. The number of halogens is 1. The van der Waals surface area contributed by atoms with Crippen molar-refractivity contribution in [3.05, 3.63) is 63.2 Å². The van der Waals surface area contributed by atoms with Crippen LogP contribution in [0.25, 0.3) is 0 Å². The molecule has 2 aromatic rings. The number of imide groups is 1. The number of hydrogen-bond acceptors (Lipinski definition) is 6. The highest BCUT2D eigenvalue weighted by Crippen LogP contribution is 2.35. The Labute approximate surface area is 152 Å². The molecule has 1 N–H and O–H groups in total. The third-order valence-electron chi connectivity index (χ3n) is 3.65. The number of non-ortho nitro benzene ring substituents is 1. The molecular formula is C16H12ClN3O4S. The average molecular weight is 378 g/mol. The standard InChI is InChI=1S/C16H12ClN3O4S/c1-9-4-2-3-5-13(9)19-15(21)14(25-16(19)22)18-12-7-6-10(20(23)24)8-11(12)17/h2-8,14,18H,1H3. The molecule has 0 radical (unpaired) electrons. The zero-order chi connectivity index (χ0) is 18.1. The van der Waals surface area contributed by atoms with Gasteiger partial charge in [-0.15, -0.1) is 0 Å². The second kappa shape index (κ2) is 6.73. The maximum atomic E-state index is 12.6. The van der Waals surface area contributed by atoms with Crippen LogP contribution in [0.5, 0.6) is 0 Å². The summed E-state index contributed by atoms with van der Waals surface area (Å²) in [6, 6.07) is 11.0. The Hall–Kier alpha value is -2.58. The summed E-state index contributed by atoms with van der Waals surface area (Å²) in [7, 11) is 0. The Morgan fingerprint density at radius 2 is 1.96 bits per heavy atom. The van der Waals surface area contributed by atoms with Crippen LogP contribution in [0.4, 0.5) is 21.9 Å². The van der Waals surface area contributed by atoms with Crippen LogP contribution < -0.4 is 10.2 Å². The Bertz CT molecular complexity index is 889. The van der Waals surface area contributed by atoms with Crippen LogP contribution in [0.3, 0.4) is 0 Å². The number of rotatable bonds is 4. The molecule has 1 atom stereocenters. The van der Waals surface area contributed by atoms with Crippen LogP contribution in [0.15, 0.2) is 42.5 Å². The molecule has 25 heavy (non-hydrogen) atoms. The van der Waals surface area contributed by atoms with Gasteiger partial charge in [-0.3, -0.25) is 19.7 Å². The fraction of sp³-hybridized carbons (Fsp3) is 0.125. The van der Waals surface area contributed by atoms with Gasteiger partial charge in [0.05, 0.1) is 21.3 Å². The number of amides is 2. The highest BCUT2D eigenvalue weighted by molar-refractivity contribution is 8.16. The van der Waals surface area contributed by atoms with E-state index < -0.39 is 21.4 Å². The average Bonchev–Trinajstić information content (AvgIpc) is 2.84. The van der Waals surface area contributed by atoms with Crippen LogP contribution >= 0.6 is 23.4 Å². The largest absolute Gasteiger partial charge is 0.364 e. The lowest BCUT2D eigenvalue weighted by molar-refractivity contribution is -0.384. The van der Waals surface area contributed by atoms with E-state index in [0.29, 0.717) is 11.4 Å². The maximum absolute atomic E-state index is 12.6. The zero-order valence-electron chi connectivity index (χ0n) is 12.9. The van der Waals surface area contributed by atoms with E-state index in [1.165, 1.54) is 18.2 Å². The second-order valence-corrected chi connectivity index (χ2v) is 6.75. The molecule has 0 saturated carbocycles. The van der Waals surface area contributed by atoms with Gasteiger partial charge in [0.2, 0.25) is 0 Å². The van der Waals surface area contributed by atoms with Crippen molar-refractivity contribution in [2.45, 2.75) is 12.3 Å². The predicted octanol–water partition coefficient (Wildman–Crippen LogP) is 4.19. The minimum atomic E-state index is -0.855. The number of hydrogen-bond donors (Lipinski definition) is 1. The minimum Gasteiger partial charge on any atom is -0.364 e. The number of thioether (sulfide) groups is 1. The number of anilines is 2. The van der Waals surface area contributed by atoms with Crippen LogP contribution in [0.1, 0.15) is 5.56 Å². The number of benzene rings is 2. The Morgan fingerprint density at radius 1 is 1.24 bits per heavy atom. The third kappa shape index (κ3) is 3.31. The predicted molar refractivity (Wildman–Crippen MR) is 97.2 cm³/mol. The van der Waals surface area contributed by atoms with Crippen LogP contribution in [-0.4, -0.2) is 21.4 Å². The molecule has 9 heteroatoms. The van der Waals surface area contributed by atoms with Crippen molar-refractivity contribution >= 4 is 51.6 Å². The number of carbonyl (C=O) groups excluding carboxylic acids is 2. The lowest BCUT2D eigenvalue weighted by atomic mass is 10.2. The van der Waals surface area contributed by atoms with Crippen molar-refractivity contribution in [2.75, 3.05) is 10.2 Å². The van der Waals surface area contributed by atoms with E-state index in [1.807, 2.05) is 19.1 Å². The minimum absolute atomic E-state index is 0.101. The molecular weight excluding hydrogens is 366 g/mol. The van der Waals surface area contributed by atoms with E-state index in [4.69, 9.17) is 11.6 Å². The molecule has 3 rings (SSSR count). The SMILES string of the molecule is Cc1ccccc1N1C(=O)SC(Nc2ccc([N+](=O)[O-])cc2Cl)C1=O. The molecule has 1 saturated heterocycles. The lowest BCUT2D eigenvalue weighted by Gasteiger charge is -2.17. The van der Waals surface area contributed by atoms with E-state index >= 15 is 0 Å². The molecule has 2 amide bonds. The summed E-state index contributed by atoms with van der Waals surface area (Å²) in [5.41, 5.74) is 1.53. The lowest BCUT2D eigenvalue weighted by Crippen LogP contribution is -2.34. The van der Waals surface area contributed by atoms with Gasteiger partial charge in [-0.1, -0.05) is 29.8 Å². The summed E-state index contributed by atoms with van der Waals surface area (Å²) in [5, 5.41) is 12.5. The van der Waals surface area contributed by atoms with Crippen molar-refractivity contribution in [2.24, 2.45) is 0 Å². The quantitative estimate of drug-likeness (QED) is 0.634. The fourth-order valence-electron chi connectivity index (χ4n) is 2.41. The highest BCUT2D eigenvalue weighted by Gasteiger charge is 2.41. The van der Waals surface area contributed by atoms with E-state index in [-0.39, 0.29) is 10.7 Å². The van der Waals surface area contributed by atoms with Crippen molar-refractivity contribution in [3.8, 4) is 0 Å². The van der Waals surface area contributed by atoms with Gasteiger partial charge in [-0.25, -0.2) is 4.90 Å². The van der Waals surface area contributed by atoms with Gasteiger partial charge in [0.15, 0.2) is 5.37 Å². The van der Waals surface area contributed by atoms with Crippen molar-refractivity contribution in [1.29, 1.82) is 0 Å². The van der Waals surface area contributed by atoms with Crippen molar-refractivity contribution in [3.63, 3.8) is 0 Å². The van der Waals surface area contributed by atoms with Crippen molar-refractivity contribution in [1.82, 2.24) is 0 Å². The van der Waals surface area contributed by atoms with Gasteiger partial charge in [0.1, 0.15) is 0 Å². The summed E-state index contributed by atoms with van der Waals surface area (Å²) < 4.78 is 0. The summed E-state index contributed by atoms with van der Waals surface area (Å²) in [5.74, 6) is -0.418. The Balaban J connectivity index is 1.84. The summed E-state index contributed by atoms with van der Waals surface area (Å²) in [6.45, 7) is 1.81. The third-order valence-corrected chi connectivity index (χ3v) is 4.90. The fourth-order valence-corrected chi connectivity index (χ4v) is 3.53. The van der Waals surface area contributed by atoms with Crippen LogP contribution in [0, 0.1) is 17.0 Å². The smallest absolute Gasteiger partial charge is 0.295 e. The number of para-hydroxylation sites is 1. The first-order valence-electron chi connectivity index (χ1n) is 7.19. The van der Waals surface area contributed by atoms with E-state index in [1.54, 1.807) is 12.1 Å². The van der Waals surface area contributed by atoms with Gasteiger partial charge in [0, 0.05) is 12.1 Å². The van der Waals surface area contributed by atoms with E-state index in [0.717, 1.165) is 22.2 Å². The van der Waals surface area contributed by atoms with Gasteiger partial charge in [-0.2, -0.15) is 0 Å². The topological polar surface area (TPSA) is 92.6 Å². The van der Waals surface area contributed by atoms with Gasteiger partial charge < -0.3 is 5.32 Å². The number of aryl methyl sites for hydroxylation is 1. The number of nitrogens with zero attached hydrogens (tertiary/aromatic N) is 2. The molecule has 0 aliphatic carbocycles. The Morgan fingerprint density at radius 3 is 2.60 bits per heavy atom. The summed E-state index contributed by atoms with van der Waals surface area (Å²) in [6.07, 6.45) is 0. The van der Waals surface area contributed by atoms with Gasteiger partial charge in [0.25, 0.3) is 16.8 Å². The first-order chi connectivity index (χ1) is 11.9. The molecule has 0 spiro atoms. The molecule has 1 aliphatic rings. The van der Waals surface area contributed by atoms with Gasteiger partial charge >= 0.3 is 0 Å². The first-order valence-corrected chi connectivity index (χ1v) is 8.45. The highest BCUT2D eigenvalue weighted by atomic mass is 35.5. The van der Waals surface area contributed by atoms with E-state index in [9.17, 15) is 19.7 Å². The molecule has 128 valence electrons. The number of nitro benzene ring substituents is 1. The summed E-state index contributed by atoms with van der Waals surface area (Å²) in [4.78, 5) is 36.2.